The van der Waals surface area contributed by atoms with Crippen molar-refractivity contribution in [3.63, 3.8) is 0 Å². The highest BCUT2D eigenvalue weighted by Gasteiger charge is 2.15. The standard InChI is InChI=1S/C10H16FN3/c1-8(11)9-5-13-14(6-9)7-10-3-2-4-12-10/h5-6,8,10,12H,2-4,7H2,1H3. The number of aromatic nitrogens is 2. The summed E-state index contributed by atoms with van der Waals surface area (Å²) in [6.45, 7) is 3.49. The molecular formula is C10H16FN3. The summed E-state index contributed by atoms with van der Waals surface area (Å²) in [4.78, 5) is 0. The first kappa shape index (κ1) is 9.65. The topological polar surface area (TPSA) is 29.9 Å². The van der Waals surface area contributed by atoms with E-state index in [1.165, 1.54) is 19.8 Å². The Kier molecular flexibility index (Phi) is 2.82. The lowest BCUT2D eigenvalue weighted by atomic mass is 10.2. The van der Waals surface area contributed by atoms with Crippen molar-refractivity contribution in [2.45, 2.75) is 38.5 Å². The van der Waals surface area contributed by atoms with Crippen LogP contribution < -0.4 is 5.32 Å². The summed E-state index contributed by atoms with van der Waals surface area (Å²) in [6, 6.07) is 0.512. The van der Waals surface area contributed by atoms with Crippen molar-refractivity contribution in [2.75, 3.05) is 6.54 Å². The van der Waals surface area contributed by atoms with Crippen LogP contribution in [0.15, 0.2) is 12.4 Å². The molecule has 0 aromatic carbocycles. The van der Waals surface area contributed by atoms with Crippen LogP contribution in [0.25, 0.3) is 0 Å². The van der Waals surface area contributed by atoms with Crippen LogP contribution in [0.1, 0.15) is 31.5 Å². The van der Waals surface area contributed by atoms with Crippen molar-refractivity contribution in [2.24, 2.45) is 0 Å². The average Bonchev–Trinajstić information content (AvgIpc) is 2.75. The molecule has 1 aromatic heterocycles. The van der Waals surface area contributed by atoms with Gasteiger partial charge in [-0.05, 0) is 26.3 Å². The molecule has 0 bridgehead atoms. The van der Waals surface area contributed by atoms with Gasteiger partial charge in [0.1, 0.15) is 6.17 Å². The van der Waals surface area contributed by atoms with Crippen molar-refractivity contribution >= 4 is 0 Å². The molecule has 0 amide bonds. The summed E-state index contributed by atoms with van der Waals surface area (Å²) in [5.41, 5.74) is 0.669. The first-order valence-electron chi connectivity index (χ1n) is 5.15. The van der Waals surface area contributed by atoms with Gasteiger partial charge in [0, 0.05) is 17.8 Å². The van der Waals surface area contributed by atoms with E-state index in [0.717, 1.165) is 13.1 Å². The lowest BCUT2D eigenvalue weighted by Gasteiger charge is -2.09. The predicted molar refractivity (Wildman–Crippen MR) is 52.8 cm³/mol. The smallest absolute Gasteiger partial charge is 0.125 e. The van der Waals surface area contributed by atoms with Crippen LogP contribution in [0, 0.1) is 0 Å². The molecule has 1 N–H and O–H groups in total. The number of nitrogens with one attached hydrogen (secondary N) is 1. The van der Waals surface area contributed by atoms with E-state index in [9.17, 15) is 4.39 Å². The normalized spacial score (nSPS) is 24.0. The van der Waals surface area contributed by atoms with E-state index in [0.29, 0.717) is 11.6 Å². The van der Waals surface area contributed by atoms with Gasteiger partial charge in [-0.3, -0.25) is 4.68 Å². The Balaban J connectivity index is 1.95. The minimum absolute atomic E-state index is 0.512. The Bertz CT molecular complexity index is 289. The SMILES string of the molecule is CC(F)c1cnn(CC2CCCN2)c1. The van der Waals surface area contributed by atoms with Gasteiger partial charge in [-0.2, -0.15) is 5.10 Å². The summed E-state index contributed by atoms with van der Waals surface area (Å²) >= 11 is 0. The van der Waals surface area contributed by atoms with E-state index in [4.69, 9.17) is 0 Å². The second-order valence-corrected chi connectivity index (χ2v) is 3.90. The van der Waals surface area contributed by atoms with Crippen LogP contribution in [0.3, 0.4) is 0 Å². The van der Waals surface area contributed by atoms with E-state index < -0.39 is 6.17 Å². The molecule has 1 aliphatic heterocycles. The highest BCUT2D eigenvalue weighted by atomic mass is 19.1. The highest BCUT2D eigenvalue weighted by Crippen LogP contribution is 2.15. The van der Waals surface area contributed by atoms with Gasteiger partial charge in [0.25, 0.3) is 0 Å². The maximum absolute atomic E-state index is 12.9. The first-order valence-corrected chi connectivity index (χ1v) is 5.15. The fourth-order valence-corrected chi connectivity index (χ4v) is 1.82. The molecule has 0 radical (unpaired) electrons. The molecule has 0 saturated carbocycles. The third-order valence-electron chi connectivity index (χ3n) is 2.68. The van der Waals surface area contributed by atoms with Gasteiger partial charge in [0.05, 0.1) is 12.7 Å². The van der Waals surface area contributed by atoms with Crippen molar-refractivity contribution < 1.29 is 4.39 Å². The van der Waals surface area contributed by atoms with Gasteiger partial charge in [0.15, 0.2) is 0 Å². The lowest BCUT2D eigenvalue weighted by molar-refractivity contribution is 0.373. The molecule has 0 spiro atoms. The molecule has 1 aliphatic rings. The number of hydrogen-bond acceptors (Lipinski definition) is 2. The van der Waals surface area contributed by atoms with Crippen LogP contribution in [-0.4, -0.2) is 22.4 Å². The van der Waals surface area contributed by atoms with Crippen LogP contribution in [0.2, 0.25) is 0 Å². The van der Waals surface area contributed by atoms with E-state index >= 15 is 0 Å². The molecule has 1 saturated heterocycles. The van der Waals surface area contributed by atoms with Crippen LogP contribution in [0.4, 0.5) is 4.39 Å². The monoisotopic (exact) mass is 197 g/mol. The average molecular weight is 197 g/mol. The van der Waals surface area contributed by atoms with Gasteiger partial charge in [-0.15, -0.1) is 0 Å². The number of halogens is 1. The zero-order valence-electron chi connectivity index (χ0n) is 8.41. The molecule has 14 heavy (non-hydrogen) atoms. The van der Waals surface area contributed by atoms with Crippen molar-refractivity contribution in [1.29, 1.82) is 0 Å². The van der Waals surface area contributed by atoms with Crippen LogP contribution in [0.5, 0.6) is 0 Å². The zero-order valence-corrected chi connectivity index (χ0v) is 8.41. The summed E-state index contributed by atoms with van der Waals surface area (Å²) in [6.07, 6.45) is 4.92. The van der Waals surface area contributed by atoms with Crippen molar-refractivity contribution in [1.82, 2.24) is 15.1 Å². The van der Waals surface area contributed by atoms with E-state index in [-0.39, 0.29) is 0 Å². The van der Waals surface area contributed by atoms with E-state index in [1.807, 2.05) is 4.68 Å². The highest BCUT2D eigenvalue weighted by molar-refractivity contribution is 5.06. The third kappa shape index (κ3) is 2.12. The van der Waals surface area contributed by atoms with Gasteiger partial charge >= 0.3 is 0 Å². The summed E-state index contributed by atoms with van der Waals surface area (Å²) in [5.74, 6) is 0. The molecule has 2 heterocycles. The van der Waals surface area contributed by atoms with Crippen molar-refractivity contribution in [3.8, 4) is 0 Å². The zero-order chi connectivity index (χ0) is 9.97. The Labute approximate surface area is 83.3 Å². The second kappa shape index (κ2) is 4.09. The summed E-state index contributed by atoms with van der Waals surface area (Å²) in [5, 5.41) is 7.53. The molecule has 78 valence electrons. The Morgan fingerprint density at radius 3 is 3.21 bits per heavy atom. The number of nitrogens with zero attached hydrogens (tertiary/aromatic N) is 2. The Hall–Kier alpha value is -0.900. The molecule has 1 fully saturated rings. The molecule has 2 rings (SSSR count). The van der Waals surface area contributed by atoms with Gasteiger partial charge in [-0.25, -0.2) is 4.39 Å². The summed E-state index contributed by atoms with van der Waals surface area (Å²) in [7, 11) is 0. The van der Waals surface area contributed by atoms with Crippen LogP contribution >= 0.6 is 0 Å². The third-order valence-corrected chi connectivity index (χ3v) is 2.68. The molecular weight excluding hydrogens is 181 g/mol. The fourth-order valence-electron chi connectivity index (χ4n) is 1.82. The predicted octanol–water partition coefficient (Wildman–Crippen LogP) is 1.67. The summed E-state index contributed by atoms with van der Waals surface area (Å²) < 4.78 is 14.7. The number of rotatable bonds is 3. The second-order valence-electron chi connectivity index (χ2n) is 3.90. The number of hydrogen-bond donors (Lipinski definition) is 1. The van der Waals surface area contributed by atoms with Crippen LogP contribution in [-0.2, 0) is 6.54 Å². The Morgan fingerprint density at radius 2 is 2.64 bits per heavy atom. The van der Waals surface area contributed by atoms with Crippen molar-refractivity contribution in [3.05, 3.63) is 18.0 Å². The minimum atomic E-state index is -0.916. The molecule has 2 atom stereocenters. The van der Waals surface area contributed by atoms with Gasteiger partial charge < -0.3 is 5.32 Å². The van der Waals surface area contributed by atoms with E-state index in [1.54, 1.807) is 12.4 Å². The molecule has 4 heteroatoms. The Morgan fingerprint density at radius 1 is 1.79 bits per heavy atom. The number of alkyl halides is 1. The molecule has 2 unspecified atom stereocenters. The maximum Gasteiger partial charge on any atom is 0.125 e. The largest absolute Gasteiger partial charge is 0.312 e. The molecule has 1 aromatic rings. The molecule has 3 nitrogen and oxygen atoms in total. The van der Waals surface area contributed by atoms with Gasteiger partial charge in [0.2, 0.25) is 0 Å². The van der Waals surface area contributed by atoms with Gasteiger partial charge in [-0.1, -0.05) is 0 Å². The lowest BCUT2D eigenvalue weighted by Crippen LogP contribution is -2.26. The first-order chi connectivity index (χ1) is 6.75. The quantitative estimate of drug-likeness (QED) is 0.798. The fraction of sp³-hybridized carbons (Fsp3) is 0.700. The maximum atomic E-state index is 12.9. The molecule has 0 aliphatic carbocycles. The van der Waals surface area contributed by atoms with E-state index in [2.05, 4.69) is 10.4 Å². The minimum Gasteiger partial charge on any atom is -0.312 e.